The van der Waals surface area contributed by atoms with Gasteiger partial charge in [0.25, 0.3) is 0 Å². The molecule has 3 rings (SSSR count). The zero-order valence-corrected chi connectivity index (χ0v) is 10.5. The van der Waals surface area contributed by atoms with Crippen molar-refractivity contribution in [3.63, 3.8) is 0 Å². The van der Waals surface area contributed by atoms with Gasteiger partial charge in [-0.1, -0.05) is 23.2 Å². The predicted octanol–water partition coefficient (Wildman–Crippen LogP) is 4.07. The van der Waals surface area contributed by atoms with Crippen molar-refractivity contribution < 1.29 is 4.42 Å². The van der Waals surface area contributed by atoms with Crippen molar-refractivity contribution in [3.05, 3.63) is 46.1 Å². The van der Waals surface area contributed by atoms with Gasteiger partial charge in [-0.25, -0.2) is 0 Å². The molecule has 2 N–H and O–H groups in total. The van der Waals surface area contributed by atoms with Crippen LogP contribution < -0.4 is 5.73 Å². The summed E-state index contributed by atoms with van der Waals surface area (Å²) in [7, 11) is 0. The molecule has 0 bridgehead atoms. The van der Waals surface area contributed by atoms with Crippen LogP contribution in [0.2, 0.25) is 10.0 Å². The van der Waals surface area contributed by atoms with Gasteiger partial charge in [0.05, 0.1) is 5.02 Å². The molecule has 1 aromatic carbocycles. The molecule has 1 fully saturated rings. The van der Waals surface area contributed by atoms with Gasteiger partial charge in [0.1, 0.15) is 11.5 Å². The van der Waals surface area contributed by atoms with Gasteiger partial charge in [-0.05, 0) is 36.8 Å². The van der Waals surface area contributed by atoms with Crippen molar-refractivity contribution in [3.8, 4) is 11.3 Å². The monoisotopic (exact) mass is 267 g/mol. The molecular weight excluding hydrogens is 257 g/mol. The van der Waals surface area contributed by atoms with E-state index in [1.807, 2.05) is 12.1 Å². The number of rotatable bonds is 2. The topological polar surface area (TPSA) is 39.2 Å². The Morgan fingerprint density at radius 3 is 2.65 bits per heavy atom. The summed E-state index contributed by atoms with van der Waals surface area (Å²) in [6, 6.07) is 9.45. The third kappa shape index (κ3) is 2.08. The van der Waals surface area contributed by atoms with Gasteiger partial charge in [-0.2, -0.15) is 0 Å². The smallest absolute Gasteiger partial charge is 0.135 e. The highest BCUT2D eigenvalue weighted by Gasteiger charge is 2.37. The summed E-state index contributed by atoms with van der Waals surface area (Å²) in [4.78, 5) is 0. The maximum absolute atomic E-state index is 6.12. The van der Waals surface area contributed by atoms with Crippen LogP contribution in [0, 0.1) is 0 Å². The van der Waals surface area contributed by atoms with E-state index < -0.39 is 0 Å². The molecule has 1 aliphatic carbocycles. The predicted molar refractivity (Wildman–Crippen MR) is 69.5 cm³/mol. The van der Waals surface area contributed by atoms with Crippen molar-refractivity contribution in [2.45, 2.75) is 18.4 Å². The van der Waals surface area contributed by atoms with Gasteiger partial charge in [-0.15, -0.1) is 0 Å². The second-order valence-electron chi connectivity index (χ2n) is 4.33. The van der Waals surface area contributed by atoms with Crippen molar-refractivity contribution >= 4 is 23.2 Å². The van der Waals surface area contributed by atoms with E-state index in [4.69, 9.17) is 33.4 Å². The van der Waals surface area contributed by atoms with E-state index in [-0.39, 0.29) is 6.04 Å². The molecule has 1 heterocycles. The van der Waals surface area contributed by atoms with E-state index >= 15 is 0 Å². The molecule has 1 aromatic heterocycles. The maximum atomic E-state index is 6.12. The number of hydrogen-bond acceptors (Lipinski definition) is 2. The van der Waals surface area contributed by atoms with Crippen LogP contribution in [0.4, 0.5) is 0 Å². The molecule has 2 nitrogen and oxygen atoms in total. The largest absolute Gasteiger partial charge is 0.461 e. The molecular formula is C13H11Cl2NO. The normalized spacial score (nSPS) is 22.8. The molecule has 88 valence electrons. The Kier molecular flexibility index (Phi) is 2.66. The van der Waals surface area contributed by atoms with Crippen molar-refractivity contribution in [2.75, 3.05) is 0 Å². The molecule has 0 spiro atoms. The maximum Gasteiger partial charge on any atom is 0.135 e. The highest BCUT2D eigenvalue weighted by molar-refractivity contribution is 6.35. The minimum absolute atomic E-state index is 0.240. The minimum atomic E-state index is 0.240. The highest BCUT2D eigenvalue weighted by Crippen LogP contribution is 2.42. The van der Waals surface area contributed by atoms with Crippen molar-refractivity contribution in [2.24, 2.45) is 5.73 Å². The van der Waals surface area contributed by atoms with Gasteiger partial charge in [0.2, 0.25) is 0 Å². The third-order valence-corrected chi connectivity index (χ3v) is 3.59. The quantitative estimate of drug-likeness (QED) is 0.891. The second kappa shape index (κ2) is 4.05. The van der Waals surface area contributed by atoms with Crippen LogP contribution in [0.5, 0.6) is 0 Å². The molecule has 2 aromatic rings. The highest BCUT2D eigenvalue weighted by atomic mass is 35.5. The van der Waals surface area contributed by atoms with E-state index in [1.54, 1.807) is 18.2 Å². The van der Waals surface area contributed by atoms with E-state index in [9.17, 15) is 0 Å². The first-order valence-electron chi connectivity index (χ1n) is 5.46. The van der Waals surface area contributed by atoms with Crippen LogP contribution >= 0.6 is 23.2 Å². The SMILES string of the molecule is N[C@H]1C[C@H]1c1ccc(-c2cc(Cl)ccc2Cl)o1. The summed E-state index contributed by atoms with van der Waals surface area (Å²) >= 11 is 12.1. The first kappa shape index (κ1) is 11.1. The lowest BCUT2D eigenvalue weighted by molar-refractivity contribution is 0.522. The van der Waals surface area contributed by atoms with Gasteiger partial charge in [0, 0.05) is 22.5 Å². The molecule has 4 heteroatoms. The Labute approximate surface area is 109 Å². The lowest BCUT2D eigenvalue weighted by Gasteiger charge is -2.01. The Hall–Kier alpha value is -0.960. The average Bonchev–Trinajstić information content (AvgIpc) is 2.85. The van der Waals surface area contributed by atoms with Crippen molar-refractivity contribution in [1.29, 1.82) is 0 Å². The molecule has 0 amide bonds. The summed E-state index contributed by atoms with van der Waals surface area (Å²) in [5.41, 5.74) is 6.61. The fraction of sp³-hybridized carbons (Fsp3) is 0.231. The molecule has 0 radical (unpaired) electrons. The summed E-state index contributed by atoms with van der Waals surface area (Å²) in [6.07, 6.45) is 0.996. The first-order valence-corrected chi connectivity index (χ1v) is 6.21. The van der Waals surface area contributed by atoms with Crippen LogP contribution in [0.15, 0.2) is 34.7 Å². The molecule has 17 heavy (non-hydrogen) atoms. The third-order valence-electron chi connectivity index (χ3n) is 3.03. The second-order valence-corrected chi connectivity index (χ2v) is 5.18. The van der Waals surface area contributed by atoms with Gasteiger partial charge in [-0.3, -0.25) is 0 Å². The molecule has 1 aliphatic rings. The minimum Gasteiger partial charge on any atom is -0.461 e. The van der Waals surface area contributed by atoms with E-state index in [1.165, 1.54) is 0 Å². The zero-order valence-electron chi connectivity index (χ0n) is 8.99. The molecule has 1 saturated carbocycles. The Bertz CT molecular complexity index is 564. The number of furan rings is 1. The summed E-state index contributed by atoms with van der Waals surface area (Å²) < 4.78 is 5.78. The Morgan fingerprint density at radius 1 is 1.18 bits per heavy atom. The van der Waals surface area contributed by atoms with Gasteiger partial charge < -0.3 is 10.2 Å². The van der Waals surface area contributed by atoms with Crippen LogP contribution in [0.1, 0.15) is 18.1 Å². The first-order chi connectivity index (χ1) is 8.15. The standard InChI is InChI=1S/C13H11Cl2NO/c14-7-1-2-10(15)8(5-7)12-3-4-13(17-12)9-6-11(9)16/h1-5,9,11H,6,16H2/t9-,11+/m1/s1. The summed E-state index contributed by atoms with van der Waals surface area (Å²) in [5.74, 6) is 2.04. The lowest BCUT2D eigenvalue weighted by atomic mass is 10.2. The van der Waals surface area contributed by atoms with Gasteiger partial charge >= 0.3 is 0 Å². The summed E-state index contributed by atoms with van der Waals surface area (Å²) in [5, 5.41) is 1.28. The lowest BCUT2D eigenvalue weighted by Crippen LogP contribution is -2.00. The molecule has 0 saturated heterocycles. The van der Waals surface area contributed by atoms with Crippen LogP contribution in [0.25, 0.3) is 11.3 Å². The van der Waals surface area contributed by atoms with E-state index in [0.717, 1.165) is 23.5 Å². The fourth-order valence-electron chi connectivity index (χ4n) is 1.92. The fourth-order valence-corrected chi connectivity index (χ4v) is 2.31. The van der Waals surface area contributed by atoms with E-state index in [0.29, 0.717) is 16.0 Å². The van der Waals surface area contributed by atoms with Gasteiger partial charge in [0.15, 0.2) is 0 Å². The Morgan fingerprint density at radius 2 is 1.94 bits per heavy atom. The molecule has 2 atom stereocenters. The van der Waals surface area contributed by atoms with Crippen LogP contribution in [-0.4, -0.2) is 6.04 Å². The molecule has 0 unspecified atom stereocenters. The van der Waals surface area contributed by atoms with Crippen molar-refractivity contribution in [1.82, 2.24) is 0 Å². The summed E-state index contributed by atoms with van der Waals surface area (Å²) in [6.45, 7) is 0. The number of halogens is 2. The Balaban J connectivity index is 1.98. The number of benzene rings is 1. The number of nitrogens with two attached hydrogens (primary N) is 1. The number of hydrogen-bond donors (Lipinski definition) is 1. The average molecular weight is 268 g/mol. The van der Waals surface area contributed by atoms with E-state index in [2.05, 4.69) is 0 Å². The van der Waals surface area contributed by atoms with Crippen LogP contribution in [-0.2, 0) is 0 Å². The molecule has 0 aliphatic heterocycles. The van der Waals surface area contributed by atoms with Crippen LogP contribution in [0.3, 0.4) is 0 Å². The zero-order chi connectivity index (χ0) is 12.0.